The summed E-state index contributed by atoms with van der Waals surface area (Å²) < 4.78 is 0. The van der Waals surface area contributed by atoms with E-state index in [0.717, 1.165) is 11.4 Å². The van der Waals surface area contributed by atoms with Crippen LogP contribution in [0.15, 0.2) is 35.5 Å². The summed E-state index contributed by atoms with van der Waals surface area (Å²) in [6.07, 6.45) is 0. The van der Waals surface area contributed by atoms with Gasteiger partial charge >= 0.3 is 5.97 Å². The number of carboxylic acid groups (broad SMARTS) is 1. The van der Waals surface area contributed by atoms with E-state index in [4.69, 9.17) is 10.8 Å². The third kappa shape index (κ3) is 3.61. The van der Waals surface area contributed by atoms with E-state index >= 15 is 0 Å². The molecule has 2 aromatic rings. The van der Waals surface area contributed by atoms with Gasteiger partial charge in [0.05, 0.1) is 5.56 Å². The second-order valence-corrected chi connectivity index (χ2v) is 5.13. The highest BCUT2D eigenvalue weighted by Crippen LogP contribution is 2.20. The van der Waals surface area contributed by atoms with Crippen molar-refractivity contribution in [2.45, 2.75) is 12.1 Å². The highest BCUT2D eigenvalue weighted by atomic mass is 32.2. The van der Waals surface area contributed by atoms with Gasteiger partial charge in [0, 0.05) is 11.8 Å². The van der Waals surface area contributed by atoms with E-state index in [0.29, 0.717) is 16.8 Å². The monoisotopic (exact) mass is 290 g/mol. The number of rotatable bonds is 5. The van der Waals surface area contributed by atoms with Gasteiger partial charge in [-0.05, 0) is 30.0 Å². The molecule has 0 atom stereocenters. The Morgan fingerprint density at radius 2 is 2.05 bits per heavy atom. The van der Waals surface area contributed by atoms with Crippen molar-refractivity contribution in [2.24, 2.45) is 0 Å². The summed E-state index contributed by atoms with van der Waals surface area (Å²) in [5.74, 6) is 0.873. The van der Waals surface area contributed by atoms with E-state index in [1.165, 1.54) is 23.9 Å². The van der Waals surface area contributed by atoms with Gasteiger partial charge in [-0.3, -0.25) is 0 Å². The molecule has 0 radical (unpaired) electrons. The number of aromatic nitrogens is 2. The van der Waals surface area contributed by atoms with Crippen LogP contribution in [0.3, 0.4) is 0 Å². The first-order chi connectivity index (χ1) is 9.58. The van der Waals surface area contributed by atoms with E-state index < -0.39 is 5.97 Å². The lowest BCUT2D eigenvalue weighted by atomic mass is 10.2. The predicted octanol–water partition coefficient (Wildman–Crippen LogP) is 2.61. The first-order valence-electron chi connectivity index (χ1n) is 5.96. The van der Waals surface area contributed by atoms with E-state index in [2.05, 4.69) is 15.3 Å². The lowest BCUT2D eigenvalue weighted by Crippen LogP contribution is -2.01. The number of nitrogens with two attached hydrogens (primary N) is 1. The average Bonchev–Trinajstić information content (AvgIpc) is 2.39. The minimum Gasteiger partial charge on any atom is -0.478 e. The van der Waals surface area contributed by atoms with Crippen molar-refractivity contribution in [3.05, 3.63) is 35.9 Å². The van der Waals surface area contributed by atoms with Gasteiger partial charge in [0.1, 0.15) is 11.6 Å². The zero-order valence-corrected chi connectivity index (χ0v) is 11.6. The second kappa shape index (κ2) is 6.25. The fourth-order valence-corrected chi connectivity index (χ4v) is 2.14. The smallest absolute Gasteiger partial charge is 0.335 e. The van der Waals surface area contributed by atoms with Crippen LogP contribution in [0.25, 0.3) is 0 Å². The van der Waals surface area contributed by atoms with Crippen LogP contribution in [0.2, 0.25) is 0 Å². The minimum absolute atomic E-state index is 0.236. The Kier molecular flexibility index (Phi) is 4.41. The molecule has 0 amide bonds. The molecular weight excluding hydrogens is 276 g/mol. The van der Waals surface area contributed by atoms with Crippen molar-refractivity contribution in [2.75, 3.05) is 16.8 Å². The van der Waals surface area contributed by atoms with Crippen LogP contribution < -0.4 is 11.1 Å². The summed E-state index contributed by atoms with van der Waals surface area (Å²) >= 11 is 1.50. The molecule has 4 N–H and O–H groups in total. The molecule has 0 unspecified atom stereocenters. The molecule has 0 aliphatic heterocycles. The van der Waals surface area contributed by atoms with Crippen molar-refractivity contribution in [1.29, 1.82) is 0 Å². The Balaban J connectivity index is 2.18. The summed E-state index contributed by atoms with van der Waals surface area (Å²) in [4.78, 5) is 19.2. The van der Waals surface area contributed by atoms with E-state index in [-0.39, 0.29) is 5.56 Å². The van der Waals surface area contributed by atoms with Gasteiger partial charge in [0.25, 0.3) is 0 Å². The topological polar surface area (TPSA) is 101 Å². The van der Waals surface area contributed by atoms with Crippen molar-refractivity contribution < 1.29 is 9.90 Å². The molecule has 1 aromatic heterocycles. The highest BCUT2D eigenvalue weighted by Gasteiger charge is 2.05. The van der Waals surface area contributed by atoms with Crippen molar-refractivity contribution in [1.82, 2.24) is 9.97 Å². The van der Waals surface area contributed by atoms with E-state index in [1.54, 1.807) is 18.2 Å². The average molecular weight is 290 g/mol. The molecule has 0 aliphatic carbocycles. The molecule has 2 rings (SSSR count). The largest absolute Gasteiger partial charge is 0.478 e. The van der Waals surface area contributed by atoms with E-state index in [1.807, 2.05) is 6.92 Å². The molecule has 1 aromatic carbocycles. The summed E-state index contributed by atoms with van der Waals surface area (Å²) in [5, 5.41) is 12.5. The molecule has 0 saturated carbocycles. The Morgan fingerprint density at radius 3 is 2.65 bits per heavy atom. The number of nitrogens with one attached hydrogen (secondary N) is 1. The fraction of sp³-hybridized carbons (Fsp3) is 0.154. The quantitative estimate of drug-likeness (QED) is 0.574. The van der Waals surface area contributed by atoms with Crippen molar-refractivity contribution in [3.63, 3.8) is 0 Å². The Morgan fingerprint density at radius 1 is 1.35 bits per heavy atom. The molecule has 20 heavy (non-hydrogen) atoms. The van der Waals surface area contributed by atoms with Crippen LogP contribution in [-0.4, -0.2) is 26.8 Å². The van der Waals surface area contributed by atoms with Crippen LogP contribution >= 0.6 is 11.8 Å². The number of hydrogen-bond donors (Lipinski definition) is 3. The molecule has 7 heteroatoms. The SMILES string of the molecule is CCSc1nc(N)cc(Nc2ccc(C(=O)O)cc2)n1. The maximum Gasteiger partial charge on any atom is 0.335 e. The Bertz CT molecular complexity index is 616. The summed E-state index contributed by atoms with van der Waals surface area (Å²) in [6, 6.07) is 8.03. The van der Waals surface area contributed by atoms with Gasteiger partial charge in [-0.2, -0.15) is 0 Å². The number of carboxylic acids is 1. The molecule has 0 saturated heterocycles. The van der Waals surface area contributed by atoms with Gasteiger partial charge in [-0.25, -0.2) is 14.8 Å². The van der Waals surface area contributed by atoms with Gasteiger partial charge in [0.15, 0.2) is 5.16 Å². The van der Waals surface area contributed by atoms with Crippen LogP contribution in [0.5, 0.6) is 0 Å². The van der Waals surface area contributed by atoms with E-state index in [9.17, 15) is 4.79 Å². The van der Waals surface area contributed by atoms with Crippen LogP contribution in [0, 0.1) is 0 Å². The number of carbonyl (C=O) groups is 1. The number of thioether (sulfide) groups is 1. The molecule has 0 fully saturated rings. The second-order valence-electron chi connectivity index (χ2n) is 3.90. The van der Waals surface area contributed by atoms with Gasteiger partial charge in [-0.15, -0.1) is 0 Å². The maximum absolute atomic E-state index is 10.8. The Labute approximate surface area is 120 Å². The van der Waals surface area contributed by atoms with Crippen molar-refractivity contribution >= 4 is 35.1 Å². The molecular formula is C13H14N4O2S. The number of nitrogen functional groups attached to an aromatic ring is 1. The number of hydrogen-bond acceptors (Lipinski definition) is 6. The van der Waals surface area contributed by atoms with Crippen LogP contribution in [0.1, 0.15) is 17.3 Å². The predicted molar refractivity (Wildman–Crippen MR) is 79.5 cm³/mol. The Hall–Kier alpha value is -2.28. The molecule has 0 bridgehead atoms. The van der Waals surface area contributed by atoms with Crippen LogP contribution in [-0.2, 0) is 0 Å². The third-order valence-corrected chi connectivity index (χ3v) is 3.13. The molecule has 0 aliphatic rings. The van der Waals surface area contributed by atoms with Gasteiger partial charge in [-0.1, -0.05) is 18.7 Å². The normalized spacial score (nSPS) is 10.2. The summed E-state index contributed by atoms with van der Waals surface area (Å²) in [7, 11) is 0. The van der Waals surface area contributed by atoms with Gasteiger partial charge < -0.3 is 16.2 Å². The zero-order chi connectivity index (χ0) is 14.5. The number of aromatic carboxylic acids is 1. The van der Waals surface area contributed by atoms with Crippen molar-refractivity contribution in [3.8, 4) is 0 Å². The van der Waals surface area contributed by atoms with Gasteiger partial charge in [0.2, 0.25) is 0 Å². The minimum atomic E-state index is -0.954. The summed E-state index contributed by atoms with van der Waals surface area (Å²) in [5.41, 5.74) is 6.70. The lowest BCUT2D eigenvalue weighted by molar-refractivity contribution is 0.0697. The molecule has 0 spiro atoms. The zero-order valence-electron chi connectivity index (χ0n) is 10.8. The lowest BCUT2D eigenvalue weighted by Gasteiger charge is -2.08. The number of benzene rings is 1. The maximum atomic E-state index is 10.8. The first kappa shape index (κ1) is 14.1. The van der Waals surface area contributed by atoms with Crippen LogP contribution in [0.4, 0.5) is 17.3 Å². The third-order valence-electron chi connectivity index (χ3n) is 2.40. The standard InChI is InChI=1S/C13H14N4O2S/c1-2-20-13-16-10(14)7-11(17-13)15-9-5-3-8(4-6-9)12(18)19/h3-7H,2H2,1H3,(H,18,19)(H3,14,15,16,17). The fourth-order valence-electron chi connectivity index (χ4n) is 1.54. The summed E-state index contributed by atoms with van der Waals surface area (Å²) in [6.45, 7) is 2.01. The number of anilines is 3. The highest BCUT2D eigenvalue weighted by molar-refractivity contribution is 7.99. The molecule has 104 valence electrons. The first-order valence-corrected chi connectivity index (χ1v) is 6.95. The molecule has 6 nitrogen and oxygen atoms in total. The number of nitrogens with zero attached hydrogens (tertiary/aromatic N) is 2. The molecule has 1 heterocycles.